The van der Waals surface area contributed by atoms with E-state index in [1.165, 1.54) is 0 Å². The highest BCUT2D eigenvalue weighted by molar-refractivity contribution is 5.94. The third-order valence-electron chi connectivity index (χ3n) is 5.79. The quantitative estimate of drug-likeness (QED) is 0.818. The average Bonchev–Trinajstić information content (AvgIpc) is 3.15. The number of rotatable bonds is 4. The number of fused-ring (bicyclic) bond motifs is 4. The van der Waals surface area contributed by atoms with Gasteiger partial charge in [-0.05, 0) is 33.6 Å². The van der Waals surface area contributed by atoms with Crippen LogP contribution in [0.1, 0.15) is 47.1 Å². The van der Waals surface area contributed by atoms with Crippen LogP contribution in [-0.2, 0) is 17.9 Å². The minimum Gasteiger partial charge on any atom is -0.361 e. The van der Waals surface area contributed by atoms with Gasteiger partial charge in [0.15, 0.2) is 0 Å². The molecule has 2 atom stereocenters. The minimum atomic E-state index is -0.144. The first-order valence-electron chi connectivity index (χ1n) is 9.51. The highest BCUT2D eigenvalue weighted by atomic mass is 16.5. The minimum absolute atomic E-state index is 0.0233. The Balaban J connectivity index is 1.56. The van der Waals surface area contributed by atoms with Crippen LogP contribution in [0.3, 0.4) is 0 Å². The Labute approximate surface area is 158 Å². The summed E-state index contributed by atoms with van der Waals surface area (Å²) in [6, 6.07) is 0.0233. The summed E-state index contributed by atoms with van der Waals surface area (Å²) in [5, 5.41) is 8.20. The summed E-state index contributed by atoms with van der Waals surface area (Å²) in [7, 11) is 0. The number of hydrogen-bond acceptors (Lipinski definition) is 5. The summed E-state index contributed by atoms with van der Waals surface area (Å²) in [5.74, 6) is 0.694. The van der Waals surface area contributed by atoms with Gasteiger partial charge in [-0.25, -0.2) is 0 Å². The van der Waals surface area contributed by atoms with E-state index in [1.54, 1.807) is 17.1 Å². The summed E-state index contributed by atoms with van der Waals surface area (Å²) >= 11 is 0. The molecule has 8 nitrogen and oxygen atoms in total. The summed E-state index contributed by atoms with van der Waals surface area (Å²) in [6.45, 7) is 8.01. The van der Waals surface area contributed by atoms with Gasteiger partial charge in [-0.1, -0.05) is 5.16 Å². The molecule has 3 aliphatic rings. The van der Waals surface area contributed by atoms with Gasteiger partial charge in [-0.15, -0.1) is 0 Å². The van der Waals surface area contributed by atoms with Crippen LogP contribution in [0, 0.1) is 19.8 Å². The molecule has 0 saturated carbocycles. The molecule has 3 aliphatic heterocycles. The van der Waals surface area contributed by atoms with E-state index in [0.717, 1.165) is 36.4 Å². The van der Waals surface area contributed by atoms with E-state index in [2.05, 4.69) is 10.3 Å². The molecule has 5 heterocycles. The summed E-state index contributed by atoms with van der Waals surface area (Å²) in [5.41, 5.74) is 2.38. The molecule has 0 unspecified atom stereocenters. The Morgan fingerprint density at radius 1 is 1.30 bits per heavy atom. The van der Waals surface area contributed by atoms with Crippen LogP contribution in [0.15, 0.2) is 16.9 Å². The SMILES string of the molecule is CCn1cc(C(=O)N2C[C@@H]3CC[C@H](C2)N(Cc2c(C)noc2C)C3=O)cn1. The molecule has 2 aromatic heterocycles. The van der Waals surface area contributed by atoms with Crippen molar-refractivity contribution in [3.63, 3.8) is 0 Å². The number of carbonyl (C=O) groups excluding carboxylic acids is 2. The van der Waals surface area contributed by atoms with Gasteiger partial charge in [0.05, 0.1) is 29.9 Å². The largest absolute Gasteiger partial charge is 0.361 e. The molecule has 27 heavy (non-hydrogen) atoms. The number of amides is 2. The third-order valence-corrected chi connectivity index (χ3v) is 5.79. The highest BCUT2D eigenvalue weighted by Crippen LogP contribution is 2.32. The molecule has 2 bridgehead atoms. The lowest BCUT2D eigenvalue weighted by Crippen LogP contribution is -2.47. The van der Waals surface area contributed by atoms with Gasteiger partial charge in [0.25, 0.3) is 5.91 Å². The van der Waals surface area contributed by atoms with E-state index in [9.17, 15) is 9.59 Å². The van der Waals surface area contributed by atoms with Gasteiger partial charge in [0, 0.05) is 37.4 Å². The van der Waals surface area contributed by atoms with Crippen molar-refractivity contribution >= 4 is 11.8 Å². The van der Waals surface area contributed by atoms with Crippen LogP contribution in [-0.4, -0.2) is 55.7 Å². The van der Waals surface area contributed by atoms with Gasteiger partial charge in [0.1, 0.15) is 5.76 Å². The number of aryl methyl sites for hydroxylation is 3. The van der Waals surface area contributed by atoms with Crippen molar-refractivity contribution in [3.05, 3.63) is 35.0 Å². The first kappa shape index (κ1) is 17.8. The predicted octanol–water partition coefficient (Wildman–Crippen LogP) is 1.77. The molecule has 0 aliphatic carbocycles. The topological polar surface area (TPSA) is 84.5 Å². The predicted molar refractivity (Wildman–Crippen MR) is 96.8 cm³/mol. The zero-order valence-electron chi connectivity index (χ0n) is 16.0. The Morgan fingerprint density at radius 3 is 2.78 bits per heavy atom. The van der Waals surface area contributed by atoms with Gasteiger partial charge in [-0.2, -0.15) is 5.10 Å². The highest BCUT2D eigenvalue weighted by Gasteiger charge is 2.42. The molecule has 8 heteroatoms. The van der Waals surface area contributed by atoms with E-state index >= 15 is 0 Å². The summed E-state index contributed by atoms with van der Waals surface area (Å²) in [6.07, 6.45) is 5.14. The fourth-order valence-corrected chi connectivity index (χ4v) is 4.14. The Bertz CT molecular complexity index is 851. The van der Waals surface area contributed by atoms with E-state index in [4.69, 9.17) is 4.52 Å². The van der Waals surface area contributed by atoms with Gasteiger partial charge < -0.3 is 14.3 Å². The standard InChI is InChI=1S/C19H25N5O3/c1-4-23-9-15(7-20-23)18(25)22-8-14-5-6-16(10-22)24(19(14)26)11-17-12(2)21-27-13(17)3/h7,9,14,16H,4-6,8,10-11H2,1-3H3/t14-,16+/m0/s1. The molecule has 2 amide bonds. The van der Waals surface area contributed by atoms with Crippen LogP contribution >= 0.6 is 0 Å². The molecule has 3 fully saturated rings. The number of piperidine rings is 1. The second-order valence-electron chi connectivity index (χ2n) is 7.49. The number of carbonyl (C=O) groups is 2. The first-order chi connectivity index (χ1) is 13.0. The molecule has 0 aromatic carbocycles. The molecule has 3 saturated heterocycles. The van der Waals surface area contributed by atoms with Crippen molar-refractivity contribution in [1.82, 2.24) is 24.7 Å². The van der Waals surface area contributed by atoms with E-state index in [1.807, 2.05) is 30.6 Å². The van der Waals surface area contributed by atoms with Crippen LogP contribution in [0.4, 0.5) is 0 Å². The molecule has 5 rings (SSSR count). The van der Waals surface area contributed by atoms with Crippen LogP contribution in [0.25, 0.3) is 0 Å². The van der Waals surface area contributed by atoms with Crippen molar-refractivity contribution < 1.29 is 14.1 Å². The third kappa shape index (κ3) is 3.13. The van der Waals surface area contributed by atoms with Gasteiger partial charge >= 0.3 is 0 Å². The molecule has 2 aromatic rings. The van der Waals surface area contributed by atoms with E-state index in [-0.39, 0.29) is 23.8 Å². The zero-order chi connectivity index (χ0) is 19.1. The van der Waals surface area contributed by atoms with Crippen molar-refractivity contribution in [2.45, 2.75) is 52.7 Å². The molecular weight excluding hydrogens is 346 g/mol. The lowest BCUT2D eigenvalue weighted by molar-refractivity contribution is -0.140. The smallest absolute Gasteiger partial charge is 0.257 e. The van der Waals surface area contributed by atoms with Crippen molar-refractivity contribution in [2.75, 3.05) is 13.1 Å². The first-order valence-corrected chi connectivity index (χ1v) is 9.51. The number of nitrogens with zero attached hydrogens (tertiary/aromatic N) is 5. The van der Waals surface area contributed by atoms with Crippen molar-refractivity contribution in [2.24, 2.45) is 5.92 Å². The Hall–Kier alpha value is -2.64. The van der Waals surface area contributed by atoms with E-state index < -0.39 is 0 Å². The summed E-state index contributed by atoms with van der Waals surface area (Å²) in [4.78, 5) is 29.7. The van der Waals surface area contributed by atoms with Crippen LogP contribution in [0.2, 0.25) is 0 Å². The molecule has 144 valence electrons. The zero-order valence-corrected chi connectivity index (χ0v) is 16.0. The Morgan fingerprint density at radius 2 is 2.11 bits per heavy atom. The molecule has 0 spiro atoms. The van der Waals surface area contributed by atoms with Gasteiger partial charge in [0.2, 0.25) is 5.91 Å². The maximum absolute atomic E-state index is 13.0. The summed E-state index contributed by atoms with van der Waals surface area (Å²) < 4.78 is 7.00. The van der Waals surface area contributed by atoms with Gasteiger partial charge in [-0.3, -0.25) is 14.3 Å². The average molecular weight is 371 g/mol. The lowest BCUT2D eigenvalue weighted by Gasteiger charge is -2.35. The second-order valence-corrected chi connectivity index (χ2v) is 7.49. The van der Waals surface area contributed by atoms with E-state index in [0.29, 0.717) is 25.2 Å². The molecule has 0 N–H and O–H groups in total. The van der Waals surface area contributed by atoms with Crippen LogP contribution in [0.5, 0.6) is 0 Å². The second kappa shape index (κ2) is 6.83. The maximum atomic E-state index is 13.0. The Kier molecular flexibility index (Phi) is 4.49. The lowest BCUT2D eigenvalue weighted by atomic mass is 9.93. The fraction of sp³-hybridized carbons (Fsp3) is 0.579. The number of aromatic nitrogens is 3. The van der Waals surface area contributed by atoms with Crippen molar-refractivity contribution in [1.29, 1.82) is 0 Å². The van der Waals surface area contributed by atoms with Crippen molar-refractivity contribution in [3.8, 4) is 0 Å². The maximum Gasteiger partial charge on any atom is 0.257 e. The molecular formula is C19H25N5O3. The fourth-order valence-electron chi connectivity index (χ4n) is 4.14. The monoisotopic (exact) mass is 371 g/mol. The number of hydrogen-bond donors (Lipinski definition) is 0. The van der Waals surface area contributed by atoms with Crippen LogP contribution < -0.4 is 0 Å². The normalized spacial score (nSPS) is 22.4. The molecule has 0 radical (unpaired) electrons.